The molecule has 0 aliphatic heterocycles. The van der Waals surface area contributed by atoms with E-state index < -0.39 is 19.8 Å². The summed E-state index contributed by atoms with van der Waals surface area (Å²) in [7, 11) is 0. The Kier molecular flexibility index (Phi) is 8.46. The minimum absolute atomic E-state index is 0.830. The van der Waals surface area contributed by atoms with Crippen LogP contribution in [0.1, 0.15) is 25.7 Å². The van der Waals surface area contributed by atoms with Gasteiger partial charge in [0.05, 0.1) is 0 Å². The average Bonchev–Trinajstić information content (AvgIpc) is 1.87. The van der Waals surface area contributed by atoms with Crippen LogP contribution in [0.25, 0.3) is 0 Å². The van der Waals surface area contributed by atoms with Gasteiger partial charge in [-0.3, -0.25) is 0 Å². The summed E-state index contributed by atoms with van der Waals surface area (Å²) in [6, 6.07) is 0. The van der Waals surface area contributed by atoms with Gasteiger partial charge >= 0.3 is 72.0 Å². The normalized spacial score (nSPS) is 10.8. The third-order valence-electron chi connectivity index (χ3n) is 1.74. The Morgan fingerprint density at radius 3 is 2.10 bits per heavy atom. The van der Waals surface area contributed by atoms with Gasteiger partial charge in [-0.2, -0.15) is 0 Å². The maximum atomic E-state index is 5.38. The fraction of sp³-hybridized carbons (Fsp3) is 1.00. The summed E-state index contributed by atoms with van der Waals surface area (Å²) in [5.74, 6) is 0. The quantitative estimate of drug-likeness (QED) is 0.566. The number of nitrogens with two attached hydrogens (primary N) is 1. The molecule has 0 spiro atoms. The number of hydrogen-bond donors (Lipinski definition) is 1. The van der Waals surface area contributed by atoms with Crippen LogP contribution in [0.2, 0.25) is 14.3 Å². The summed E-state index contributed by atoms with van der Waals surface area (Å²) >= 11 is -0.830. The van der Waals surface area contributed by atoms with Crippen LogP contribution in [0, 0.1) is 0 Å². The second kappa shape index (κ2) is 7.86. The van der Waals surface area contributed by atoms with Crippen molar-refractivity contribution in [2.75, 3.05) is 6.54 Å². The molecule has 62 valence electrons. The Labute approximate surface area is 72.1 Å². The van der Waals surface area contributed by atoms with Gasteiger partial charge in [-0.05, 0) is 0 Å². The minimum atomic E-state index is -0.830. The van der Waals surface area contributed by atoms with Crippen LogP contribution in [0.15, 0.2) is 0 Å². The second-order valence-corrected chi connectivity index (χ2v) is 13.0. The molecule has 0 aliphatic carbocycles. The molecule has 0 amide bonds. The molecule has 0 aliphatic rings. The molecule has 0 rings (SSSR count). The van der Waals surface area contributed by atoms with Crippen molar-refractivity contribution in [3.63, 3.8) is 0 Å². The van der Waals surface area contributed by atoms with Gasteiger partial charge in [0.2, 0.25) is 0 Å². The van der Waals surface area contributed by atoms with Gasteiger partial charge in [0.25, 0.3) is 0 Å². The molecule has 0 heterocycles. The molecule has 0 unspecified atom stereocenters. The summed E-state index contributed by atoms with van der Waals surface area (Å²) in [5, 5.41) is 0. The van der Waals surface area contributed by atoms with E-state index >= 15 is 0 Å². The summed E-state index contributed by atoms with van der Waals surface area (Å²) < 4.78 is 1.59. The van der Waals surface area contributed by atoms with Crippen molar-refractivity contribution in [3.8, 4) is 0 Å². The first-order chi connectivity index (χ1) is 4.77. The van der Waals surface area contributed by atoms with Crippen molar-refractivity contribution in [2.45, 2.75) is 40.0 Å². The van der Waals surface area contributed by atoms with Crippen LogP contribution >= 0.6 is 0 Å². The SMILES string of the molecule is [CH3][SnH]([CH3])[CH2]CCCCCN. The first kappa shape index (κ1) is 10.8. The van der Waals surface area contributed by atoms with Crippen LogP contribution < -0.4 is 5.73 Å². The predicted octanol–water partition coefficient (Wildman–Crippen LogP) is 1.99. The van der Waals surface area contributed by atoms with E-state index in [-0.39, 0.29) is 0 Å². The Hall–Kier alpha value is 0.759. The van der Waals surface area contributed by atoms with E-state index in [1.807, 2.05) is 0 Å². The molecule has 10 heavy (non-hydrogen) atoms. The van der Waals surface area contributed by atoms with Gasteiger partial charge < -0.3 is 0 Å². The standard InChI is InChI=1S/C6H14N.2CH3.Sn.H/c1-2-3-4-5-6-7;;;;/h1-7H2;2*1H3;;. The summed E-state index contributed by atoms with van der Waals surface area (Å²) in [6.07, 6.45) is 5.49. The Balaban J connectivity index is 2.77. The summed E-state index contributed by atoms with van der Waals surface area (Å²) in [4.78, 5) is 4.98. The van der Waals surface area contributed by atoms with Crippen LogP contribution in [0.5, 0.6) is 0 Å². The number of unbranched alkanes of at least 4 members (excludes halogenated alkanes) is 3. The van der Waals surface area contributed by atoms with E-state index in [2.05, 4.69) is 9.88 Å². The summed E-state index contributed by atoms with van der Waals surface area (Å²) in [5.41, 5.74) is 5.38. The molecule has 0 fully saturated rings. The average molecular weight is 250 g/mol. The molecule has 0 atom stereocenters. The fourth-order valence-electron chi connectivity index (χ4n) is 1.05. The Morgan fingerprint density at radius 2 is 1.60 bits per heavy atom. The van der Waals surface area contributed by atoms with Gasteiger partial charge in [0.1, 0.15) is 0 Å². The zero-order valence-corrected chi connectivity index (χ0v) is 10.7. The molecule has 2 N–H and O–H groups in total. The first-order valence-corrected chi connectivity index (χ1v) is 13.4. The second-order valence-electron chi connectivity index (χ2n) is 3.39. The van der Waals surface area contributed by atoms with Gasteiger partial charge in [-0.25, -0.2) is 0 Å². The maximum absolute atomic E-state index is 5.38. The van der Waals surface area contributed by atoms with Crippen molar-refractivity contribution in [3.05, 3.63) is 0 Å². The summed E-state index contributed by atoms with van der Waals surface area (Å²) in [6.45, 7) is 0.880. The van der Waals surface area contributed by atoms with E-state index in [0.717, 1.165) is 6.54 Å². The molecule has 0 aromatic carbocycles. The number of hydrogen-bond acceptors (Lipinski definition) is 1. The zero-order valence-electron chi connectivity index (χ0n) is 7.40. The third-order valence-corrected chi connectivity index (χ3v) is 6.20. The molecule has 2 heteroatoms. The van der Waals surface area contributed by atoms with E-state index in [4.69, 9.17) is 5.73 Å². The van der Waals surface area contributed by atoms with E-state index in [0.29, 0.717) is 0 Å². The van der Waals surface area contributed by atoms with Crippen LogP contribution in [0.3, 0.4) is 0 Å². The van der Waals surface area contributed by atoms with Gasteiger partial charge in [-0.1, -0.05) is 0 Å². The van der Waals surface area contributed by atoms with Crippen molar-refractivity contribution in [1.29, 1.82) is 0 Å². The van der Waals surface area contributed by atoms with Gasteiger partial charge in [0.15, 0.2) is 0 Å². The van der Waals surface area contributed by atoms with Crippen LogP contribution in [-0.4, -0.2) is 26.3 Å². The van der Waals surface area contributed by atoms with Gasteiger partial charge in [0, 0.05) is 0 Å². The van der Waals surface area contributed by atoms with Crippen molar-refractivity contribution in [1.82, 2.24) is 0 Å². The molecule has 0 aromatic heterocycles. The number of rotatable bonds is 6. The zero-order chi connectivity index (χ0) is 7.82. The third kappa shape index (κ3) is 8.76. The van der Waals surface area contributed by atoms with Crippen molar-refractivity contribution in [2.24, 2.45) is 5.73 Å². The molecule has 0 aromatic rings. The van der Waals surface area contributed by atoms with E-state index in [1.165, 1.54) is 25.7 Å². The fourth-order valence-corrected chi connectivity index (χ4v) is 4.20. The van der Waals surface area contributed by atoms with Crippen LogP contribution in [-0.2, 0) is 0 Å². The molecular formula is C8H21NSn. The monoisotopic (exact) mass is 251 g/mol. The first-order valence-electron chi connectivity index (χ1n) is 4.47. The van der Waals surface area contributed by atoms with E-state index in [1.54, 1.807) is 4.44 Å². The van der Waals surface area contributed by atoms with Gasteiger partial charge in [-0.15, -0.1) is 0 Å². The van der Waals surface area contributed by atoms with Crippen molar-refractivity contribution >= 4 is 19.8 Å². The molecule has 0 bridgehead atoms. The van der Waals surface area contributed by atoms with Crippen molar-refractivity contribution < 1.29 is 0 Å². The van der Waals surface area contributed by atoms with E-state index in [9.17, 15) is 0 Å². The predicted molar refractivity (Wildman–Crippen MR) is 51.2 cm³/mol. The Morgan fingerprint density at radius 1 is 1.00 bits per heavy atom. The molecular weight excluding hydrogens is 229 g/mol. The topological polar surface area (TPSA) is 26.0 Å². The molecule has 0 radical (unpaired) electrons. The van der Waals surface area contributed by atoms with Crippen LogP contribution in [0.4, 0.5) is 0 Å². The molecule has 0 saturated heterocycles. The molecule has 0 saturated carbocycles. The molecule has 1 nitrogen and oxygen atoms in total. The Bertz CT molecular complexity index is 64.3.